The molecule has 0 radical (unpaired) electrons. The van der Waals surface area contributed by atoms with Crippen molar-refractivity contribution in [1.82, 2.24) is 0 Å². The van der Waals surface area contributed by atoms with Crippen LogP contribution in [0.25, 0.3) is 0 Å². The molecule has 0 saturated carbocycles. The number of hydrogen-bond donors (Lipinski definition) is 1. The Kier molecular flexibility index (Phi) is 2.70. The molecule has 1 aliphatic rings. The highest BCUT2D eigenvalue weighted by Crippen LogP contribution is 2.33. The van der Waals surface area contributed by atoms with Crippen LogP contribution in [0.4, 0.5) is 5.69 Å². The topological polar surface area (TPSA) is 29.3 Å². The zero-order chi connectivity index (χ0) is 11.0. The van der Waals surface area contributed by atoms with Gasteiger partial charge in [0.1, 0.15) is 0 Å². The van der Waals surface area contributed by atoms with Crippen LogP contribution in [-0.2, 0) is 6.42 Å². The maximum Gasteiger partial charge on any atom is 0.0431 e. The molecule has 0 spiro atoms. The molecule has 0 aromatic heterocycles. The van der Waals surface area contributed by atoms with Crippen LogP contribution in [0, 0.1) is 13.8 Å². The van der Waals surface area contributed by atoms with E-state index >= 15 is 0 Å². The first-order chi connectivity index (χ1) is 7.15. The molecule has 0 amide bonds. The summed E-state index contributed by atoms with van der Waals surface area (Å²) in [6.07, 6.45) is 2.35. The van der Waals surface area contributed by atoms with Crippen molar-refractivity contribution in [3.63, 3.8) is 0 Å². The molecule has 1 aromatic rings. The maximum absolute atomic E-state index is 5.80. The average Bonchev–Trinajstić information content (AvgIpc) is 2.24. The summed E-state index contributed by atoms with van der Waals surface area (Å²) in [7, 11) is 2.17. The third-order valence-corrected chi connectivity index (χ3v) is 3.70. The number of benzene rings is 1. The van der Waals surface area contributed by atoms with Crippen LogP contribution in [0.2, 0.25) is 0 Å². The van der Waals surface area contributed by atoms with E-state index in [1.807, 2.05) is 0 Å². The second kappa shape index (κ2) is 3.86. The molecule has 1 aromatic carbocycles. The van der Waals surface area contributed by atoms with Crippen LogP contribution in [0.1, 0.15) is 23.1 Å². The third-order valence-electron chi connectivity index (χ3n) is 3.70. The van der Waals surface area contributed by atoms with Crippen molar-refractivity contribution in [3.05, 3.63) is 28.8 Å². The van der Waals surface area contributed by atoms with E-state index in [0.717, 1.165) is 6.54 Å². The lowest BCUT2D eigenvalue weighted by Gasteiger charge is -2.37. The normalized spacial score (nSPS) is 20.3. The Labute approximate surface area is 92.1 Å². The van der Waals surface area contributed by atoms with Crippen molar-refractivity contribution >= 4 is 5.69 Å². The smallest absolute Gasteiger partial charge is 0.0431 e. The Morgan fingerprint density at radius 2 is 2.13 bits per heavy atom. The van der Waals surface area contributed by atoms with Gasteiger partial charge in [0.05, 0.1) is 0 Å². The van der Waals surface area contributed by atoms with Gasteiger partial charge in [-0.05, 0) is 43.4 Å². The highest BCUT2D eigenvalue weighted by Gasteiger charge is 2.23. The lowest BCUT2D eigenvalue weighted by Crippen LogP contribution is -2.41. The van der Waals surface area contributed by atoms with Gasteiger partial charge in [0, 0.05) is 25.3 Å². The minimum absolute atomic E-state index is 0.512. The SMILES string of the molecule is Cc1ccc2c(c1C)N(C)C(CN)CC2. The Morgan fingerprint density at radius 1 is 1.40 bits per heavy atom. The molecule has 1 aliphatic heterocycles. The fourth-order valence-electron chi connectivity index (χ4n) is 2.52. The van der Waals surface area contributed by atoms with Gasteiger partial charge in [-0.2, -0.15) is 0 Å². The molecule has 1 unspecified atom stereocenters. The van der Waals surface area contributed by atoms with Gasteiger partial charge in [0.2, 0.25) is 0 Å². The molecular formula is C13H20N2. The minimum atomic E-state index is 0.512. The molecule has 1 heterocycles. The van der Waals surface area contributed by atoms with E-state index in [-0.39, 0.29) is 0 Å². The van der Waals surface area contributed by atoms with Gasteiger partial charge in [-0.3, -0.25) is 0 Å². The number of aryl methyl sites for hydroxylation is 2. The molecule has 2 heteroatoms. The molecule has 0 bridgehead atoms. The summed E-state index contributed by atoms with van der Waals surface area (Å²) >= 11 is 0. The van der Waals surface area contributed by atoms with Crippen LogP contribution in [-0.4, -0.2) is 19.6 Å². The molecule has 2 N–H and O–H groups in total. The number of likely N-dealkylation sites (N-methyl/N-ethyl adjacent to an activating group) is 1. The summed E-state index contributed by atoms with van der Waals surface area (Å²) in [5.74, 6) is 0. The first-order valence-electron chi connectivity index (χ1n) is 5.67. The second-order valence-electron chi connectivity index (χ2n) is 4.55. The summed E-state index contributed by atoms with van der Waals surface area (Å²) in [5, 5.41) is 0. The van der Waals surface area contributed by atoms with E-state index in [9.17, 15) is 0 Å². The number of rotatable bonds is 1. The first-order valence-corrected chi connectivity index (χ1v) is 5.67. The van der Waals surface area contributed by atoms with Gasteiger partial charge in [0.25, 0.3) is 0 Å². The van der Waals surface area contributed by atoms with E-state index in [1.54, 1.807) is 0 Å². The Balaban J connectivity index is 2.49. The van der Waals surface area contributed by atoms with Crippen molar-refractivity contribution in [2.75, 3.05) is 18.5 Å². The van der Waals surface area contributed by atoms with Crippen molar-refractivity contribution < 1.29 is 0 Å². The predicted molar refractivity (Wildman–Crippen MR) is 65.5 cm³/mol. The van der Waals surface area contributed by atoms with Gasteiger partial charge in [-0.25, -0.2) is 0 Å². The molecule has 0 saturated heterocycles. The highest BCUT2D eigenvalue weighted by atomic mass is 15.2. The predicted octanol–water partition coefficient (Wildman–Crippen LogP) is 2.01. The van der Waals surface area contributed by atoms with Crippen molar-refractivity contribution in [1.29, 1.82) is 0 Å². The zero-order valence-corrected chi connectivity index (χ0v) is 9.88. The van der Waals surface area contributed by atoms with E-state index in [0.29, 0.717) is 6.04 Å². The first kappa shape index (κ1) is 10.5. The maximum atomic E-state index is 5.80. The van der Waals surface area contributed by atoms with Crippen LogP contribution in [0.15, 0.2) is 12.1 Å². The second-order valence-corrected chi connectivity index (χ2v) is 4.55. The average molecular weight is 204 g/mol. The number of nitrogens with two attached hydrogens (primary N) is 1. The van der Waals surface area contributed by atoms with Crippen LogP contribution >= 0.6 is 0 Å². The molecular weight excluding hydrogens is 184 g/mol. The van der Waals surface area contributed by atoms with E-state index < -0.39 is 0 Å². The van der Waals surface area contributed by atoms with E-state index in [2.05, 4.69) is 37.9 Å². The van der Waals surface area contributed by atoms with Crippen LogP contribution < -0.4 is 10.6 Å². The van der Waals surface area contributed by atoms with Gasteiger partial charge >= 0.3 is 0 Å². The van der Waals surface area contributed by atoms with Crippen LogP contribution in [0.3, 0.4) is 0 Å². The Bertz CT molecular complexity index is 371. The number of hydrogen-bond acceptors (Lipinski definition) is 2. The fraction of sp³-hybridized carbons (Fsp3) is 0.538. The largest absolute Gasteiger partial charge is 0.370 e. The molecule has 82 valence electrons. The fourth-order valence-corrected chi connectivity index (χ4v) is 2.52. The lowest BCUT2D eigenvalue weighted by atomic mass is 9.92. The number of fused-ring (bicyclic) bond motifs is 1. The quantitative estimate of drug-likeness (QED) is 0.758. The third kappa shape index (κ3) is 1.63. The Morgan fingerprint density at radius 3 is 2.80 bits per heavy atom. The van der Waals surface area contributed by atoms with E-state index in [1.165, 1.54) is 35.2 Å². The standard InChI is InChI=1S/C13H20N2/c1-9-4-5-11-6-7-12(8-14)15(3)13(11)10(9)2/h4-5,12H,6-8,14H2,1-3H3. The van der Waals surface area contributed by atoms with Crippen LogP contribution in [0.5, 0.6) is 0 Å². The molecule has 15 heavy (non-hydrogen) atoms. The van der Waals surface area contributed by atoms with Gasteiger partial charge in [-0.15, -0.1) is 0 Å². The summed E-state index contributed by atoms with van der Waals surface area (Å²) in [6.45, 7) is 5.14. The summed E-state index contributed by atoms with van der Waals surface area (Å²) < 4.78 is 0. The Hall–Kier alpha value is -1.02. The summed E-state index contributed by atoms with van der Waals surface area (Å²) in [5.41, 5.74) is 11.5. The van der Waals surface area contributed by atoms with Gasteiger partial charge in [-0.1, -0.05) is 12.1 Å². The molecule has 2 rings (SSSR count). The molecule has 0 aliphatic carbocycles. The minimum Gasteiger partial charge on any atom is -0.370 e. The lowest BCUT2D eigenvalue weighted by molar-refractivity contribution is 0.563. The molecule has 2 nitrogen and oxygen atoms in total. The zero-order valence-electron chi connectivity index (χ0n) is 9.88. The monoisotopic (exact) mass is 204 g/mol. The van der Waals surface area contributed by atoms with Crippen molar-refractivity contribution in [2.45, 2.75) is 32.7 Å². The van der Waals surface area contributed by atoms with Crippen molar-refractivity contribution in [2.24, 2.45) is 5.73 Å². The summed E-state index contributed by atoms with van der Waals surface area (Å²) in [6, 6.07) is 5.00. The van der Waals surface area contributed by atoms with Gasteiger partial charge in [0.15, 0.2) is 0 Å². The van der Waals surface area contributed by atoms with E-state index in [4.69, 9.17) is 5.73 Å². The highest BCUT2D eigenvalue weighted by molar-refractivity contribution is 5.63. The number of nitrogens with zero attached hydrogens (tertiary/aromatic N) is 1. The van der Waals surface area contributed by atoms with Gasteiger partial charge < -0.3 is 10.6 Å². The molecule has 0 fully saturated rings. The molecule has 1 atom stereocenters. The summed E-state index contributed by atoms with van der Waals surface area (Å²) in [4.78, 5) is 2.36. The number of anilines is 1. The van der Waals surface area contributed by atoms with Crippen molar-refractivity contribution in [3.8, 4) is 0 Å².